The normalized spacial score (nSPS) is 17.0. The summed E-state index contributed by atoms with van der Waals surface area (Å²) in [5.41, 5.74) is 1.40. The van der Waals surface area contributed by atoms with Crippen molar-refractivity contribution in [3.05, 3.63) is 71.4 Å². The zero-order valence-corrected chi connectivity index (χ0v) is 17.3. The largest absolute Gasteiger partial charge is 0.418 e. The number of fused-ring (bicyclic) bond motifs is 1. The van der Waals surface area contributed by atoms with Crippen LogP contribution in [0.1, 0.15) is 24.4 Å². The van der Waals surface area contributed by atoms with E-state index >= 15 is 0 Å². The lowest BCUT2D eigenvalue weighted by atomic mass is 10.0. The maximum Gasteiger partial charge on any atom is 0.257 e. The minimum atomic E-state index is 0.135. The molecule has 2 aromatic carbocycles. The molecule has 1 aliphatic heterocycles. The number of hydrogen-bond donors (Lipinski definition) is 0. The van der Waals surface area contributed by atoms with Crippen LogP contribution in [-0.2, 0) is 6.54 Å². The third-order valence-corrected chi connectivity index (χ3v) is 6.62. The molecular weight excluding hydrogens is 380 g/mol. The standard InChI is InChI=1S/C23H24N4OS/c1-17(22-24-25-23(28-22)21-10-5-15-29-21)27-13-11-26(12-14-27)16-19-8-4-7-18-6-2-3-9-20(18)19/h2-10,15,17H,11-14,16H2,1H3/t17-/m1/s1. The van der Waals surface area contributed by atoms with E-state index in [0.29, 0.717) is 11.8 Å². The summed E-state index contributed by atoms with van der Waals surface area (Å²) in [4.78, 5) is 6.00. The van der Waals surface area contributed by atoms with Gasteiger partial charge in [-0.2, -0.15) is 0 Å². The molecule has 0 radical (unpaired) electrons. The van der Waals surface area contributed by atoms with E-state index in [0.717, 1.165) is 37.6 Å². The van der Waals surface area contributed by atoms with Gasteiger partial charge in [0.2, 0.25) is 5.89 Å². The second-order valence-electron chi connectivity index (χ2n) is 7.55. The second-order valence-corrected chi connectivity index (χ2v) is 8.50. The molecule has 148 valence electrons. The fourth-order valence-corrected chi connectivity index (χ4v) is 4.68. The van der Waals surface area contributed by atoms with Crippen LogP contribution in [0.5, 0.6) is 0 Å². The molecule has 5 nitrogen and oxygen atoms in total. The van der Waals surface area contributed by atoms with Crippen LogP contribution in [0, 0.1) is 0 Å². The predicted octanol–water partition coefficient (Wildman–Crippen LogP) is 4.83. The van der Waals surface area contributed by atoms with E-state index in [1.54, 1.807) is 11.3 Å². The number of hydrogen-bond acceptors (Lipinski definition) is 6. The summed E-state index contributed by atoms with van der Waals surface area (Å²) in [5, 5.41) is 13.2. The van der Waals surface area contributed by atoms with Gasteiger partial charge in [-0.1, -0.05) is 48.5 Å². The van der Waals surface area contributed by atoms with Gasteiger partial charge in [-0.15, -0.1) is 21.5 Å². The van der Waals surface area contributed by atoms with Gasteiger partial charge in [-0.05, 0) is 34.7 Å². The van der Waals surface area contributed by atoms with E-state index in [1.165, 1.54) is 16.3 Å². The summed E-state index contributed by atoms with van der Waals surface area (Å²) in [5.74, 6) is 1.33. The van der Waals surface area contributed by atoms with E-state index in [4.69, 9.17) is 4.42 Å². The molecule has 5 rings (SSSR count). The van der Waals surface area contributed by atoms with E-state index in [9.17, 15) is 0 Å². The Morgan fingerprint density at radius 3 is 2.62 bits per heavy atom. The average Bonchev–Trinajstić information content (AvgIpc) is 3.46. The number of thiophene rings is 1. The molecule has 6 heteroatoms. The first-order chi connectivity index (χ1) is 14.3. The Morgan fingerprint density at radius 1 is 0.966 bits per heavy atom. The van der Waals surface area contributed by atoms with E-state index in [2.05, 4.69) is 69.4 Å². The van der Waals surface area contributed by atoms with Gasteiger partial charge in [0, 0.05) is 32.7 Å². The summed E-state index contributed by atoms with van der Waals surface area (Å²) < 4.78 is 5.95. The Kier molecular flexibility index (Phi) is 5.14. The fraction of sp³-hybridized carbons (Fsp3) is 0.304. The highest BCUT2D eigenvalue weighted by atomic mass is 32.1. The summed E-state index contributed by atoms with van der Waals surface area (Å²) in [7, 11) is 0. The highest BCUT2D eigenvalue weighted by Gasteiger charge is 2.26. The summed E-state index contributed by atoms with van der Waals surface area (Å²) >= 11 is 1.62. The van der Waals surface area contributed by atoms with E-state index in [-0.39, 0.29) is 6.04 Å². The van der Waals surface area contributed by atoms with Crippen LogP contribution in [-0.4, -0.2) is 46.2 Å². The molecule has 1 saturated heterocycles. The van der Waals surface area contributed by atoms with Gasteiger partial charge in [0.25, 0.3) is 5.89 Å². The Morgan fingerprint density at radius 2 is 1.79 bits per heavy atom. The Hall–Kier alpha value is -2.54. The van der Waals surface area contributed by atoms with Gasteiger partial charge in [0.15, 0.2) is 0 Å². The molecule has 1 aliphatic rings. The monoisotopic (exact) mass is 404 g/mol. The molecule has 1 atom stereocenters. The van der Waals surface area contributed by atoms with Gasteiger partial charge >= 0.3 is 0 Å². The van der Waals surface area contributed by atoms with Crippen molar-refractivity contribution in [3.63, 3.8) is 0 Å². The topological polar surface area (TPSA) is 45.4 Å². The molecule has 0 N–H and O–H groups in total. The SMILES string of the molecule is C[C@H](c1nnc(-c2cccs2)o1)N1CCN(Cc2cccc3ccccc23)CC1. The van der Waals surface area contributed by atoms with Crippen molar-refractivity contribution in [2.45, 2.75) is 19.5 Å². The lowest BCUT2D eigenvalue weighted by molar-refractivity contribution is 0.0878. The molecule has 4 aromatic rings. The number of aromatic nitrogens is 2. The summed E-state index contributed by atoms with van der Waals surface area (Å²) in [6, 6.07) is 19.4. The molecule has 1 fully saturated rings. The highest BCUT2D eigenvalue weighted by Crippen LogP contribution is 2.28. The van der Waals surface area contributed by atoms with Gasteiger partial charge in [0.05, 0.1) is 10.9 Å². The fourth-order valence-electron chi connectivity index (χ4n) is 4.04. The molecule has 0 unspecified atom stereocenters. The van der Waals surface area contributed by atoms with Gasteiger partial charge in [0.1, 0.15) is 0 Å². The Balaban J connectivity index is 1.22. The third kappa shape index (κ3) is 3.83. The van der Waals surface area contributed by atoms with Crippen LogP contribution >= 0.6 is 11.3 Å². The van der Waals surface area contributed by atoms with Crippen LogP contribution in [0.3, 0.4) is 0 Å². The first-order valence-electron chi connectivity index (χ1n) is 10.1. The molecule has 2 aromatic heterocycles. The van der Waals surface area contributed by atoms with Crippen molar-refractivity contribution in [1.82, 2.24) is 20.0 Å². The third-order valence-electron chi connectivity index (χ3n) is 5.76. The van der Waals surface area contributed by atoms with Gasteiger partial charge in [-0.25, -0.2) is 0 Å². The average molecular weight is 405 g/mol. The maximum atomic E-state index is 5.95. The van der Waals surface area contributed by atoms with Crippen molar-refractivity contribution in [2.24, 2.45) is 0 Å². The molecule has 3 heterocycles. The first kappa shape index (κ1) is 18.5. The summed E-state index contributed by atoms with van der Waals surface area (Å²) in [6.45, 7) is 7.24. The highest BCUT2D eigenvalue weighted by molar-refractivity contribution is 7.13. The smallest absolute Gasteiger partial charge is 0.257 e. The molecule has 0 spiro atoms. The first-order valence-corrected chi connectivity index (χ1v) is 11.0. The molecule has 0 bridgehead atoms. The van der Waals surface area contributed by atoms with Crippen molar-refractivity contribution in [3.8, 4) is 10.8 Å². The number of benzene rings is 2. The minimum Gasteiger partial charge on any atom is -0.418 e. The van der Waals surface area contributed by atoms with Crippen LogP contribution in [0.15, 0.2) is 64.4 Å². The predicted molar refractivity (Wildman–Crippen MR) is 117 cm³/mol. The lowest BCUT2D eigenvalue weighted by Crippen LogP contribution is -2.46. The zero-order chi connectivity index (χ0) is 19.6. The zero-order valence-electron chi connectivity index (χ0n) is 16.5. The van der Waals surface area contributed by atoms with E-state index < -0.39 is 0 Å². The van der Waals surface area contributed by atoms with Crippen LogP contribution < -0.4 is 0 Å². The van der Waals surface area contributed by atoms with Crippen LogP contribution in [0.25, 0.3) is 21.5 Å². The summed E-state index contributed by atoms with van der Waals surface area (Å²) in [6.07, 6.45) is 0. The van der Waals surface area contributed by atoms with E-state index in [1.807, 2.05) is 17.5 Å². The molecule has 0 amide bonds. The minimum absolute atomic E-state index is 0.135. The maximum absolute atomic E-state index is 5.95. The van der Waals surface area contributed by atoms with Crippen LogP contribution in [0.4, 0.5) is 0 Å². The van der Waals surface area contributed by atoms with Gasteiger partial charge < -0.3 is 4.42 Å². The quantitative estimate of drug-likeness (QED) is 0.477. The van der Waals surface area contributed by atoms with Gasteiger partial charge in [-0.3, -0.25) is 9.80 Å². The number of rotatable bonds is 5. The van der Waals surface area contributed by atoms with Crippen molar-refractivity contribution >= 4 is 22.1 Å². The van der Waals surface area contributed by atoms with Crippen LogP contribution in [0.2, 0.25) is 0 Å². The molecule has 0 saturated carbocycles. The van der Waals surface area contributed by atoms with Crippen molar-refractivity contribution in [2.75, 3.05) is 26.2 Å². The molecular formula is C23H24N4OS. The number of piperazine rings is 1. The van der Waals surface area contributed by atoms with Crippen molar-refractivity contribution < 1.29 is 4.42 Å². The Labute approximate surface area is 174 Å². The van der Waals surface area contributed by atoms with Crippen molar-refractivity contribution in [1.29, 1.82) is 0 Å². The number of nitrogens with zero attached hydrogens (tertiary/aromatic N) is 4. The second kappa shape index (κ2) is 8.06. The Bertz CT molecular complexity index is 1080. The lowest BCUT2D eigenvalue weighted by Gasteiger charge is -2.37. The molecule has 29 heavy (non-hydrogen) atoms. The molecule has 0 aliphatic carbocycles.